The number of carbonyl (C=O) groups is 1. The van der Waals surface area contributed by atoms with Gasteiger partial charge in [-0.25, -0.2) is 0 Å². The summed E-state index contributed by atoms with van der Waals surface area (Å²) in [5.41, 5.74) is 2.70. The molecule has 0 saturated carbocycles. The first-order valence-corrected chi connectivity index (χ1v) is 7.92. The van der Waals surface area contributed by atoms with E-state index in [0.717, 1.165) is 11.1 Å². The highest BCUT2D eigenvalue weighted by Gasteiger charge is 2.14. The minimum atomic E-state index is -0.432. The summed E-state index contributed by atoms with van der Waals surface area (Å²) in [6, 6.07) is 17.0. The van der Waals surface area contributed by atoms with E-state index in [1.54, 1.807) is 7.11 Å². The number of hydrogen-bond acceptors (Lipinski definition) is 4. The van der Waals surface area contributed by atoms with Crippen molar-refractivity contribution in [2.45, 2.75) is 19.9 Å². The largest absolute Gasteiger partial charge is 0.495 e. The van der Waals surface area contributed by atoms with Crippen molar-refractivity contribution >= 4 is 11.6 Å². The van der Waals surface area contributed by atoms with Gasteiger partial charge in [-0.05, 0) is 37.1 Å². The number of rotatable bonds is 6. The quantitative estimate of drug-likeness (QED) is 0.623. The molecule has 0 aliphatic carbocycles. The number of methoxy groups -OCH3 is 1. The Labute approximate surface area is 147 Å². The molecule has 1 unspecified atom stereocenters. The molecule has 2 N–H and O–H groups in total. The van der Waals surface area contributed by atoms with E-state index in [1.165, 1.54) is 6.20 Å². The van der Waals surface area contributed by atoms with E-state index >= 15 is 0 Å². The second-order valence-electron chi connectivity index (χ2n) is 5.62. The molecule has 2 rings (SSSR count). The van der Waals surface area contributed by atoms with Crippen LogP contribution in [0.5, 0.6) is 5.75 Å². The van der Waals surface area contributed by atoms with Gasteiger partial charge in [0.15, 0.2) is 0 Å². The van der Waals surface area contributed by atoms with Crippen molar-refractivity contribution in [2.75, 3.05) is 12.4 Å². The van der Waals surface area contributed by atoms with E-state index in [1.807, 2.05) is 68.4 Å². The molecule has 25 heavy (non-hydrogen) atoms. The van der Waals surface area contributed by atoms with Crippen LogP contribution >= 0.6 is 0 Å². The highest BCUT2D eigenvalue weighted by atomic mass is 16.5. The first kappa shape index (κ1) is 18.1. The lowest BCUT2D eigenvalue weighted by Gasteiger charge is -2.14. The molecule has 5 heteroatoms. The lowest BCUT2D eigenvalue weighted by Crippen LogP contribution is -2.28. The highest BCUT2D eigenvalue weighted by Crippen LogP contribution is 2.25. The molecule has 0 radical (unpaired) electrons. The molecule has 2 aromatic rings. The summed E-state index contributed by atoms with van der Waals surface area (Å²) in [6.07, 6.45) is 1.39. The smallest absolute Gasteiger partial charge is 0.263 e. The second-order valence-corrected chi connectivity index (χ2v) is 5.62. The molecule has 0 fully saturated rings. The molecule has 2 aromatic carbocycles. The number of anilines is 1. The van der Waals surface area contributed by atoms with E-state index in [9.17, 15) is 10.1 Å². The van der Waals surface area contributed by atoms with Crippen molar-refractivity contribution in [3.8, 4) is 11.8 Å². The van der Waals surface area contributed by atoms with Crippen LogP contribution in [-0.4, -0.2) is 13.0 Å². The van der Waals surface area contributed by atoms with Crippen LogP contribution in [-0.2, 0) is 4.79 Å². The number of nitrogens with one attached hydrogen (secondary N) is 2. The summed E-state index contributed by atoms with van der Waals surface area (Å²) < 4.78 is 5.27. The summed E-state index contributed by atoms with van der Waals surface area (Å²) in [5, 5.41) is 15.1. The molecule has 5 nitrogen and oxygen atoms in total. The first-order chi connectivity index (χ1) is 12.0. The molecule has 0 saturated heterocycles. The van der Waals surface area contributed by atoms with Gasteiger partial charge in [-0.15, -0.1) is 0 Å². The van der Waals surface area contributed by atoms with E-state index in [4.69, 9.17) is 4.74 Å². The van der Waals surface area contributed by atoms with Crippen molar-refractivity contribution in [3.63, 3.8) is 0 Å². The lowest BCUT2D eigenvalue weighted by molar-refractivity contribution is -0.117. The van der Waals surface area contributed by atoms with Crippen LogP contribution in [0.25, 0.3) is 0 Å². The van der Waals surface area contributed by atoms with E-state index in [-0.39, 0.29) is 11.6 Å². The van der Waals surface area contributed by atoms with Gasteiger partial charge in [0.05, 0.1) is 18.8 Å². The van der Waals surface area contributed by atoms with Gasteiger partial charge in [-0.1, -0.05) is 36.4 Å². The zero-order valence-electron chi connectivity index (χ0n) is 14.5. The maximum Gasteiger partial charge on any atom is 0.263 e. The molecule has 0 aromatic heterocycles. The Bertz CT molecular complexity index is 807. The Hall–Kier alpha value is -3.26. The Morgan fingerprint density at radius 2 is 1.96 bits per heavy atom. The Morgan fingerprint density at radius 1 is 1.24 bits per heavy atom. The molecular formula is C20H21N3O2. The third-order valence-electron chi connectivity index (χ3n) is 3.74. The minimum Gasteiger partial charge on any atom is -0.495 e. The van der Waals surface area contributed by atoms with Crippen molar-refractivity contribution < 1.29 is 9.53 Å². The Balaban J connectivity index is 2.11. The minimum absolute atomic E-state index is 0.00802. The number of ether oxygens (including phenoxy) is 1. The maximum absolute atomic E-state index is 12.3. The van der Waals surface area contributed by atoms with Crippen LogP contribution in [0.15, 0.2) is 60.3 Å². The van der Waals surface area contributed by atoms with Crippen LogP contribution in [0, 0.1) is 18.3 Å². The molecule has 0 aliphatic heterocycles. The summed E-state index contributed by atoms with van der Waals surface area (Å²) in [6.45, 7) is 3.83. The molecule has 0 aliphatic rings. The monoisotopic (exact) mass is 335 g/mol. The first-order valence-electron chi connectivity index (χ1n) is 7.92. The number of nitrogens with zero attached hydrogens (tertiary/aromatic N) is 1. The van der Waals surface area contributed by atoms with E-state index in [2.05, 4.69) is 10.6 Å². The zero-order chi connectivity index (χ0) is 18.2. The summed E-state index contributed by atoms with van der Waals surface area (Å²) in [5.74, 6) is 0.204. The fraction of sp³-hybridized carbons (Fsp3) is 0.200. The average molecular weight is 335 g/mol. The predicted octanol–water partition coefficient (Wildman–Crippen LogP) is 3.70. The standard InChI is InChI=1S/C20H21N3O2/c1-14-9-10-19(25-3)18(11-14)22-13-17(12-21)20(24)23-15(2)16-7-5-4-6-8-16/h4-11,13,15,22H,1-3H3,(H,23,24)/b17-13-. The SMILES string of the molecule is COc1ccc(C)cc1N/C=C(/C#N)C(=O)NC(C)c1ccccc1. The number of carbonyl (C=O) groups excluding carboxylic acids is 1. The number of nitriles is 1. The number of hydrogen-bond donors (Lipinski definition) is 2. The third-order valence-corrected chi connectivity index (χ3v) is 3.74. The topological polar surface area (TPSA) is 74.1 Å². The maximum atomic E-state index is 12.3. The fourth-order valence-corrected chi connectivity index (χ4v) is 2.33. The summed E-state index contributed by atoms with van der Waals surface area (Å²) >= 11 is 0. The predicted molar refractivity (Wildman–Crippen MR) is 98.0 cm³/mol. The van der Waals surface area contributed by atoms with Gasteiger partial charge in [-0.2, -0.15) is 5.26 Å². The van der Waals surface area contributed by atoms with E-state index in [0.29, 0.717) is 11.4 Å². The number of aryl methyl sites for hydroxylation is 1. The van der Waals surface area contributed by atoms with Crippen LogP contribution in [0.2, 0.25) is 0 Å². The van der Waals surface area contributed by atoms with Gasteiger partial charge in [0.1, 0.15) is 17.4 Å². The van der Waals surface area contributed by atoms with Crippen molar-refractivity contribution in [2.24, 2.45) is 0 Å². The lowest BCUT2D eigenvalue weighted by atomic mass is 10.1. The fourth-order valence-electron chi connectivity index (χ4n) is 2.33. The molecule has 0 spiro atoms. The van der Waals surface area contributed by atoms with Crippen molar-refractivity contribution in [3.05, 3.63) is 71.4 Å². The third kappa shape index (κ3) is 4.85. The van der Waals surface area contributed by atoms with Crippen LogP contribution < -0.4 is 15.4 Å². The number of amides is 1. The van der Waals surface area contributed by atoms with Gasteiger partial charge in [0.2, 0.25) is 0 Å². The van der Waals surface area contributed by atoms with Crippen LogP contribution in [0.3, 0.4) is 0 Å². The normalized spacial score (nSPS) is 12.0. The molecular weight excluding hydrogens is 314 g/mol. The average Bonchev–Trinajstić information content (AvgIpc) is 2.63. The summed E-state index contributed by atoms with van der Waals surface area (Å²) in [7, 11) is 1.57. The number of benzene rings is 2. The van der Waals surface area contributed by atoms with Gasteiger partial charge in [0, 0.05) is 6.20 Å². The molecule has 1 atom stereocenters. The van der Waals surface area contributed by atoms with Gasteiger partial charge >= 0.3 is 0 Å². The Morgan fingerprint density at radius 3 is 2.60 bits per heavy atom. The second kappa shape index (κ2) is 8.55. The Kier molecular flexibility index (Phi) is 6.19. The van der Waals surface area contributed by atoms with Crippen LogP contribution in [0.1, 0.15) is 24.1 Å². The summed E-state index contributed by atoms with van der Waals surface area (Å²) in [4.78, 5) is 12.3. The van der Waals surface area contributed by atoms with Gasteiger partial charge in [0.25, 0.3) is 5.91 Å². The molecule has 0 bridgehead atoms. The van der Waals surface area contributed by atoms with Crippen LogP contribution in [0.4, 0.5) is 5.69 Å². The molecule has 0 heterocycles. The zero-order valence-corrected chi connectivity index (χ0v) is 14.5. The molecule has 1 amide bonds. The van der Waals surface area contributed by atoms with Crippen molar-refractivity contribution in [1.82, 2.24) is 5.32 Å². The van der Waals surface area contributed by atoms with E-state index < -0.39 is 5.91 Å². The van der Waals surface area contributed by atoms with Gasteiger partial charge in [-0.3, -0.25) is 4.79 Å². The molecule has 128 valence electrons. The van der Waals surface area contributed by atoms with Gasteiger partial charge < -0.3 is 15.4 Å². The highest BCUT2D eigenvalue weighted by molar-refractivity contribution is 5.97. The van der Waals surface area contributed by atoms with Crippen molar-refractivity contribution in [1.29, 1.82) is 5.26 Å².